The minimum absolute atomic E-state index is 0.348. The number of rotatable bonds is 5. The van der Waals surface area contributed by atoms with Crippen molar-refractivity contribution in [3.8, 4) is 11.4 Å². The first kappa shape index (κ1) is 16.6. The van der Waals surface area contributed by atoms with Crippen LogP contribution in [-0.2, 0) is 0 Å². The molecule has 0 unspecified atom stereocenters. The second kappa shape index (κ2) is 7.49. The van der Waals surface area contributed by atoms with E-state index in [-0.39, 0.29) is 0 Å². The summed E-state index contributed by atoms with van der Waals surface area (Å²) in [5, 5.41) is 3.39. The molecule has 0 aliphatic heterocycles. The highest BCUT2D eigenvalue weighted by molar-refractivity contribution is 14.1. The van der Waals surface area contributed by atoms with E-state index in [2.05, 4.69) is 74.6 Å². The first-order valence-corrected chi connectivity index (χ1v) is 8.82. The molecule has 2 heterocycles. The van der Waals surface area contributed by atoms with Gasteiger partial charge in [-0.15, -0.1) is 0 Å². The average Bonchev–Trinajstić information content (AvgIpc) is 2.46. The Morgan fingerprint density at radius 1 is 1.29 bits per heavy atom. The van der Waals surface area contributed by atoms with Crippen LogP contribution in [0, 0.1) is 3.57 Å². The molecule has 0 aliphatic carbocycles. The topological polar surface area (TPSA) is 50.7 Å². The van der Waals surface area contributed by atoms with Gasteiger partial charge < -0.3 is 5.32 Å². The molecule has 0 fully saturated rings. The lowest BCUT2D eigenvalue weighted by Gasteiger charge is -2.14. The SMILES string of the molecule is CCCNc1nc(-c2cncc(Br)c2)nc(C(C)C)c1I. The van der Waals surface area contributed by atoms with Gasteiger partial charge in [0.25, 0.3) is 0 Å². The van der Waals surface area contributed by atoms with Gasteiger partial charge in [0.1, 0.15) is 5.82 Å². The van der Waals surface area contributed by atoms with Gasteiger partial charge in [-0.2, -0.15) is 0 Å². The maximum atomic E-state index is 4.73. The molecule has 0 aliphatic rings. The Labute approximate surface area is 147 Å². The van der Waals surface area contributed by atoms with Crippen molar-refractivity contribution in [2.24, 2.45) is 0 Å². The lowest BCUT2D eigenvalue weighted by molar-refractivity contribution is 0.807. The lowest BCUT2D eigenvalue weighted by Crippen LogP contribution is -2.10. The first-order chi connectivity index (χ1) is 10.0. The molecule has 0 amide bonds. The van der Waals surface area contributed by atoms with Crippen LogP contribution >= 0.6 is 38.5 Å². The Kier molecular flexibility index (Phi) is 5.92. The molecular formula is C15H18BrIN4. The Hall–Kier alpha value is -0.760. The monoisotopic (exact) mass is 460 g/mol. The Morgan fingerprint density at radius 2 is 2.05 bits per heavy atom. The van der Waals surface area contributed by atoms with Crippen LogP contribution in [0.15, 0.2) is 22.9 Å². The second-order valence-corrected chi connectivity index (χ2v) is 7.06. The summed E-state index contributed by atoms with van der Waals surface area (Å²) in [4.78, 5) is 13.6. The van der Waals surface area contributed by atoms with Crippen molar-refractivity contribution in [3.05, 3.63) is 32.2 Å². The first-order valence-electron chi connectivity index (χ1n) is 6.95. The third kappa shape index (κ3) is 4.12. The van der Waals surface area contributed by atoms with Crippen LogP contribution < -0.4 is 5.32 Å². The summed E-state index contributed by atoms with van der Waals surface area (Å²) < 4.78 is 2.03. The highest BCUT2D eigenvalue weighted by Gasteiger charge is 2.16. The van der Waals surface area contributed by atoms with Gasteiger partial charge in [-0.05, 0) is 56.9 Å². The second-order valence-electron chi connectivity index (χ2n) is 5.07. The highest BCUT2D eigenvalue weighted by Crippen LogP contribution is 2.28. The van der Waals surface area contributed by atoms with Gasteiger partial charge in [0, 0.05) is 29.0 Å². The van der Waals surface area contributed by atoms with Crippen molar-refractivity contribution >= 4 is 44.3 Å². The molecule has 0 saturated heterocycles. The van der Waals surface area contributed by atoms with Gasteiger partial charge in [0.05, 0.1) is 9.26 Å². The summed E-state index contributed by atoms with van der Waals surface area (Å²) in [7, 11) is 0. The van der Waals surface area contributed by atoms with Crippen molar-refractivity contribution in [2.75, 3.05) is 11.9 Å². The van der Waals surface area contributed by atoms with Crippen LogP contribution in [0.25, 0.3) is 11.4 Å². The normalized spacial score (nSPS) is 11.0. The number of anilines is 1. The summed E-state index contributed by atoms with van der Waals surface area (Å²) in [5.41, 5.74) is 1.99. The Bertz CT molecular complexity index is 631. The van der Waals surface area contributed by atoms with Gasteiger partial charge in [0.2, 0.25) is 0 Å². The molecular weight excluding hydrogens is 443 g/mol. The average molecular weight is 461 g/mol. The van der Waals surface area contributed by atoms with Crippen molar-refractivity contribution in [3.63, 3.8) is 0 Å². The molecule has 21 heavy (non-hydrogen) atoms. The zero-order valence-electron chi connectivity index (χ0n) is 12.3. The van der Waals surface area contributed by atoms with Crippen molar-refractivity contribution in [1.29, 1.82) is 0 Å². The summed E-state index contributed by atoms with van der Waals surface area (Å²) in [6.07, 6.45) is 4.61. The largest absolute Gasteiger partial charge is 0.369 e. The zero-order chi connectivity index (χ0) is 15.4. The number of nitrogens with zero attached hydrogens (tertiary/aromatic N) is 3. The van der Waals surface area contributed by atoms with Gasteiger partial charge in [-0.25, -0.2) is 9.97 Å². The van der Waals surface area contributed by atoms with Crippen LogP contribution in [0.5, 0.6) is 0 Å². The van der Waals surface area contributed by atoms with Gasteiger partial charge >= 0.3 is 0 Å². The summed E-state index contributed by atoms with van der Waals surface area (Å²) >= 11 is 5.77. The van der Waals surface area contributed by atoms with E-state index in [9.17, 15) is 0 Å². The van der Waals surface area contributed by atoms with Crippen molar-refractivity contribution in [1.82, 2.24) is 15.0 Å². The van der Waals surface area contributed by atoms with E-state index >= 15 is 0 Å². The molecule has 0 saturated carbocycles. The fraction of sp³-hybridized carbons (Fsp3) is 0.400. The summed E-state index contributed by atoms with van der Waals surface area (Å²) in [6, 6.07) is 1.99. The van der Waals surface area contributed by atoms with Gasteiger partial charge in [-0.3, -0.25) is 4.98 Å². The third-order valence-electron chi connectivity index (χ3n) is 2.93. The smallest absolute Gasteiger partial charge is 0.163 e. The molecule has 2 aromatic rings. The van der Waals surface area contributed by atoms with Crippen molar-refractivity contribution < 1.29 is 0 Å². The van der Waals surface area contributed by atoms with Crippen molar-refractivity contribution in [2.45, 2.75) is 33.1 Å². The summed E-state index contributed by atoms with van der Waals surface area (Å²) in [5.74, 6) is 1.97. The molecule has 6 heteroatoms. The van der Waals surface area contributed by atoms with E-state index < -0.39 is 0 Å². The van der Waals surface area contributed by atoms with E-state index in [1.54, 1.807) is 12.4 Å². The number of hydrogen-bond acceptors (Lipinski definition) is 4. The maximum Gasteiger partial charge on any atom is 0.163 e. The van der Waals surface area contributed by atoms with Crippen LogP contribution in [0.4, 0.5) is 5.82 Å². The third-order valence-corrected chi connectivity index (χ3v) is 4.43. The van der Waals surface area contributed by atoms with Crippen LogP contribution in [0.2, 0.25) is 0 Å². The molecule has 4 nitrogen and oxygen atoms in total. The predicted molar refractivity (Wildman–Crippen MR) is 98.5 cm³/mol. The standard InChI is InChI=1S/C15H18BrIN4/c1-4-5-19-15-12(17)13(9(2)3)20-14(21-15)10-6-11(16)8-18-7-10/h6-9H,4-5H2,1-3H3,(H,19,20,21). The van der Waals surface area contributed by atoms with E-state index in [0.29, 0.717) is 11.7 Å². The maximum absolute atomic E-state index is 4.73. The molecule has 2 rings (SSSR count). The molecule has 112 valence electrons. The number of nitrogens with one attached hydrogen (secondary N) is 1. The number of hydrogen-bond donors (Lipinski definition) is 1. The van der Waals surface area contributed by atoms with Gasteiger partial charge in [-0.1, -0.05) is 20.8 Å². The van der Waals surface area contributed by atoms with E-state index in [0.717, 1.165) is 38.1 Å². The molecule has 0 bridgehead atoms. The quantitative estimate of drug-likeness (QED) is 0.648. The minimum atomic E-state index is 0.348. The molecule has 0 radical (unpaired) electrons. The molecule has 2 aromatic heterocycles. The Morgan fingerprint density at radius 3 is 2.67 bits per heavy atom. The lowest BCUT2D eigenvalue weighted by atomic mass is 10.1. The fourth-order valence-corrected chi connectivity index (χ4v) is 3.29. The van der Waals surface area contributed by atoms with Crippen LogP contribution in [-0.4, -0.2) is 21.5 Å². The fourth-order valence-electron chi connectivity index (χ4n) is 1.87. The number of aromatic nitrogens is 3. The van der Waals surface area contributed by atoms with E-state index in [1.807, 2.05) is 6.07 Å². The van der Waals surface area contributed by atoms with E-state index in [4.69, 9.17) is 4.98 Å². The van der Waals surface area contributed by atoms with Crippen LogP contribution in [0.1, 0.15) is 38.8 Å². The predicted octanol–water partition coefficient (Wildman–Crippen LogP) is 4.85. The summed E-state index contributed by atoms with van der Waals surface area (Å²) in [6.45, 7) is 7.35. The van der Waals surface area contributed by atoms with Gasteiger partial charge in [0.15, 0.2) is 5.82 Å². The van der Waals surface area contributed by atoms with Crippen LogP contribution in [0.3, 0.4) is 0 Å². The molecule has 0 aromatic carbocycles. The Balaban J connectivity index is 2.53. The highest BCUT2D eigenvalue weighted by atomic mass is 127. The zero-order valence-corrected chi connectivity index (χ0v) is 16.1. The molecule has 0 atom stereocenters. The molecule has 1 N–H and O–H groups in total. The number of pyridine rings is 1. The minimum Gasteiger partial charge on any atom is -0.369 e. The van der Waals surface area contributed by atoms with E-state index in [1.165, 1.54) is 0 Å². The molecule has 0 spiro atoms. The number of halogens is 2.